The van der Waals surface area contributed by atoms with Crippen molar-refractivity contribution in [2.45, 2.75) is 0 Å². The average Bonchev–Trinajstić information content (AvgIpc) is 2.29. The van der Waals surface area contributed by atoms with Crippen LogP contribution in [0, 0.1) is 0 Å². The highest BCUT2D eigenvalue weighted by atomic mass is 19.1. The first-order valence-electron chi connectivity index (χ1n) is 4.50. The number of halogens is 1. The van der Waals surface area contributed by atoms with Gasteiger partial charge in [-0.1, -0.05) is 12.1 Å². The Morgan fingerprint density at radius 2 is 2.07 bits per heavy atom. The lowest BCUT2D eigenvalue weighted by atomic mass is 10.3. The van der Waals surface area contributed by atoms with Crippen LogP contribution >= 0.6 is 0 Å². The Balaban J connectivity index is 2.51. The molecule has 0 aliphatic rings. The summed E-state index contributed by atoms with van der Waals surface area (Å²) >= 11 is 0. The third-order valence-corrected chi connectivity index (χ3v) is 1.96. The fourth-order valence-corrected chi connectivity index (χ4v) is 1.26. The Bertz CT molecular complexity index is 511. The first-order chi connectivity index (χ1) is 7.31. The highest BCUT2D eigenvalue weighted by Gasteiger charge is 2.03. The van der Waals surface area contributed by atoms with Crippen molar-refractivity contribution in [2.75, 3.05) is 6.61 Å². The number of benzene rings is 1. The summed E-state index contributed by atoms with van der Waals surface area (Å²) in [5.41, 5.74) is 1.50. The first kappa shape index (κ1) is 9.73. The van der Waals surface area contributed by atoms with E-state index in [9.17, 15) is 4.39 Å². The van der Waals surface area contributed by atoms with E-state index in [2.05, 4.69) is 9.97 Å². The van der Waals surface area contributed by atoms with Gasteiger partial charge in [-0.15, -0.1) is 0 Å². The molecule has 76 valence electrons. The van der Waals surface area contributed by atoms with E-state index < -0.39 is 5.83 Å². The van der Waals surface area contributed by atoms with Gasteiger partial charge < -0.3 is 5.11 Å². The summed E-state index contributed by atoms with van der Waals surface area (Å²) in [7, 11) is 0. The molecule has 1 aromatic carbocycles. The van der Waals surface area contributed by atoms with Crippen LogP contribution in [-0.4, -0.2) is 21.7 Å². The summed E-state index contributed by atoms with van der Waals surface area (Å²) in [5.74, 6) is -0.559. The van der Waals surface area contributed by atoms with Gasteiger partial charge in [0.25, 0.3) is 0 Å². The predicted octanol–water partition coefficient (Wildman–Crippen LogP) is 1.93. The van der Waals surface area contributed by atoms with Crippen molar-refractivity contribution < 1.29 is 9.50 Å². The third kappa shape index (κ3) is 1.99. The number of aliphatic hydroxyl groups excluding tert-OH is 1. The van der Waals surface area contributed by atoms with Crippen molar-refractivity contribution in [2.24, 2.45) is 0 Å². The van der Waals surface area contributed by atoms with Gasteiger partial charge in [-0.05, 0) is 18.2 Å². The number of aliphatic hydroxyl groups is 1. The van der Waals surface area contributed by atoms with Crippen molar-refractivity contribution in [3.05, 3.63) is 42.2 Å². The van der Waals surface area contributed by atoms with Gasteiger partial charge in [0.05, 0.1) is 23.8 Å². The molecule has 1 N–H and O–H groups in total. The molecule has 0 saturated carbocycles. The summed E-state index contributed by atoms with van der Waals surface area (Å²) in [6, 6.07) is 7.23. The minimum absolute atomic E-state index is 0.141. The fraction of sp³-hybridized carbons (Fsp3) is 0.0909. The molecule has 1 aromatic heterocycles. The SMILES string of the molecule is OC/C=C(/F)c1cnc2ccccc2n1. The van der Waals surface area contributed by atoms with Gasteiger partial charge in [0, 0.05) is 0 Å². The second kappa shape index (κ2) is 4.14. The molecule has 4 heteroatoms. The van der Waals surface area contributed by atoms with Gasteiger partial charge in [-0.25, -0.2) is 9.37 Å². The van der Waals surface area contributed by atoms with Crippen LogP contribution in [0.4, 0.5) is 4.39 Å². The minimum Gasteiger partial charge on any atom is -0.392 e. The number of fused-ring (bicyclic) bond motifs is 1. The van der Waals surface area contributed by atoms with E-state index in [0.717, 1.165) is 11.6 Å². The number of hydrogen-bond acceptors (Lipinski definition) is 3. The van der Waals surface area contributed by atoms with Crippen LogP contribution in [0.1, 0.15) is 5.69 Å². The number of aromatic nitrogens is 2. The van der Waals surface area contributed by atoms with Crippen molar-refractivity contribution in [1.29, 1.82) is 0 Å². The topological polar surface area (TPSA) is 46.0 Å². The summed E-state index contributed by atoms with van der Waals surface area (Å²) < 4.78 is 13.3. The Labute approximate surface area is 85.9 Å². The van der Waals surface area contributed by atoms with Crippen molar-refractivity contribution in [3.8, 4) is 0 Å². The zero-order valence-electron chi connectivity index (χ0n) is 7.89. The standard InChI is InChI=1S/C11H9FN2O/c12-8(5-6-15)11-7-13-9-3-1-2-4-10(9)14-11/h1-5,7,15H,6H2/b8-5+. The molecule has 0 amide bonds. The Hall–Kier alpha value is -1.81. The molecule has 2 aromatic rings. The molecule has 2 rings (SSSR count). The Morgan fingerprint density at radius 3 is 2.80 bits per heavy atom. The molecule has 3 nitrogen and oxygen atoms in total. The van der Waals surface area contributed by atoms with E-state index in [-0.39, 0.29) is 12.3 Å². The van der Waals surface area contributed by atoms with Crippen LogP contribution in [0.3, 0.4) is 0 Å². The van der Waals surface area contributed by atoms with Crippen LogP contribution in [-0.2, 0) is 0 Å². The summed E-state index contributed by atoms with van der Waals surface area (Å²) in [6.07, 6.45) is 2.41. The molecule has 0 spiro atoms. The summed E-state index contributed by atoms with van der Waals surface area (Å²) in [5, 5.41) is 8.55. The van der Waals surface area contributed by atoms with Gasteiger partial charge in [-0.2, -0.15) is 0 Å². The molecule has 0 aliphatic carbocycles. The zero-order valence-corrected chi connectivity index (χ0v) is 7.89. The van der Waals surface area contributed by atoms with E-state index >= 15 is 0 Å². The number of hydrogen-bond donors (Lipinski definition) is 1. The van der Waals surface area contributed by atoms with Crippen LogP contribution in [0.5, 0.6) is 0 Å². The van der Waals surface area contributed by atoms with Crippen molar-refractivity contribution in [1.82, 2.24) is 9.97 Å². The third-order valence-electron chi connectivity index (χ3n) is 1.96. The lowest BCUT2D eigenvalue weighted by molar-refractivity contribution is 0.342. The summed E-state index contributed by atoms with van der Waals surface area (Å²) in [6.45, 7) is -0.347. The molecule has 0 atom stereocenters. The monoisotopic (exact) mass is 204 g/mol. The smallest absolute Gasteiger partial charge is 0.148 e. The van der Waals surface area contributed by atoms with E-state index in [1.807, 2.05) is 12.1 Å². The van der Waals surface area contributed by atoms with E-state index in [4.69, 9.17) is 5.11 Å². The maximum absolute atomic E-state index is 13.3. The lowest BCUT2D eigenvalue weighted by Gasteiger charge is -1.99. The number of nitrogens with zero attached hydrogens (tertiary/aromatic N) is 2. The van der Waals surface area contributed by atoms with Crippen LogP contribution < -0.4 is 0 Å². The van der Waals surface area contributed by atoms with E-state index in [0.29, 0.717) is 5.52 Å². The van der Waals surface area contributed by atoms with Crippen molar-refractivity contribution >= 4 is 16.9 Å². The van der Waals surface area contributed by atoms with Crippen LogP contribution in [0.15, 0.2) is 36.5 Å². The van der Waals surface area contributed by atoms with Crippen LogP contribution in [0.25, 0.3) is 16.9 Å². The molecular formula is C11H9FN2O. The van der Waals surface area contributed by atoms with Crippen LogP contribution in [0.2, 0.25) is 0 Å². The van der Waals surface area contributed by atoms with E-state index in [1.165, 1.54) is 6.20 Å². The number of rotatable bonds is 2. The fourth-order valence-electron chi connectivity index (χ4n) is 1.26. The molecule has 0 radical (unpaired) electrons. The van der Waals surface area contributed by atoms with Gasteiger partial charge >= 0.3 is 0 Å². The lowest BCUT2D eigenvalue weighted by Crippen LogP contribution is -1.90. The maximum atomic E-state index is 13.3. The van der Waals surface area contributed by atoms with Gasteiger partial charge in [0.15, 0.2) is 0 Å². The first-order valence-corrected chi connectivity index (χ1v) is 4.50. The quantitative estimate of drug-likeness (QED) is 0.813. The predicted molar refractivity (Wildman–Crippen MR) is 55.7 cm³/mol. The second-order valence-corrected chi connectivity index (χ2v) is 2.98. The molecule has 1 heterocycles. The minimum atomic E-state index is -0.559. The molecule has 0 fully saturated rings. The maximum Gasteiger partial charge on any atom is 0.148 e. The van der Waals surface area contributed by atoms with Gasteiger partial charge in [0.2, 0.25) is 0 Å². The largest absolute Gasteiger partial charge is 0.392 e. The summed E-state index contributed by atoms with van der Waals surface area (Å²) in [4.78, 5) is 8.14. The molecule has 0 saturated heterocycles. The highest BCUT2D eigenvalue weighted by molar-refractivity contribution is 5.75. The highest BCUT2D eigenvalue weighted by Crippen LogP contribution is 2.15. The Morgan fingerprint density at radius 1 is 1.33 bits per heavy atom. The molecule has 0 aliphatic heterocycles. The van der Waals surface area contributed by atoms with E-state index in [1.54, 1.807) is 12.1 Å². The van der Waals surface area contributed by atoms with Gasteiger partial charge in [0.1, 0.15) is 11.5 Å². The van der Waals surface area contributed by atoms with Crippen molar-refractivity contribution in [3.63, 3.8) is 0 Å². The normalized spacial score (nSPS) is 12.0. The Kier molecular flexibility index (Phi) is 2.69. The molecule has 0 bridgehead atoms. The molecule has 0 unspecified atom stereocenters. The molecule has 15 heavy (non-hydrogen) atoms. The second-order valence-electron chi connectivity index (χ2n) is 2.98. The zero-order chi connectivity index (χ0) is 10.7. The van der Waals surface area contributed by atoms with Gasteiger partial charge in [-0.3, -0.25) is 4.98 Å². The molecular weight excluding hydrogens is 195 g/mol. The number of para-hydroxylation sites is 2. The average molecular weight is 204 g/mol.